The summed E-state index contributed by atoms with van der Waals surface area (Å²) >= 11 is 0. The summed E-state index contributed by atoms with van der Waals surface area (Å²) in [6.07, 6.45) is -0.430. The van der Waals surface area contributed by atoms with E-state index in [4.69, 9.17) is 4.74 Å². The molecule has 1 aliphatic carbocycles. The largest absolute Gasteiger partial charge is 0.452 e. The first-order valence-corrected chi connectivity index (χ1v) is 14.5. The molecule has 0 saturated heterocycles. The molecule has 5 rings (SSSR count). The molecular weight excluding hydrogens is 513 g/mol. The van der Waals surface area contributed by atoms with E-state index in [0.717, 1.165) is 0 Å². The molecule has 0 aliphatic heterocycles. The van der Waals surface area contributed by atoms with E-state index < -0.39 is 35.8 Å². The highest BCUT2D eigenvalue weighted by molar-refractivity contribution is 7.81. The van der Waals surface area contributed by atoms with Crippen molar-refractivity contribution in [2.24, 2.45) is 7.05 Å². The van der Waals surface area contributed by atoms with Crippen LogP contribution in [0.5, 0.6) is 0 Å². The Morgan fingerprint density at radius 3 is 1.87 bits per heavy atom. The van der Waals surface area contributed by atoms with Crippen LogP contribution in [0.3, 0.4) is 0 Å². The lowest BCUT2D eigenvalue weighted by Crippen LogP contribution is -2.39. The highest BCUT2D eigenvalue weighted by Crippen LogP contribution is 2.68. The van der Waals surface area contributed by atoms with Gasteiger partial charge in [0.2, 0.25) is 0 Å². The summed E-state index contributed by atoms with van der Waals surface area (Å²) in [7, 11) is -1.71. The van der Waals surface area contributed by atoms with Gasteiger partial charge < -0.3 is 14.6 Å². The zero-order chi connectivity index (χ0) is 27.8. The van der Waals surface area contributed by atoms with Crippen molar-refractivity contribution >= 4 is 35.3 Å². The molecule has 0 spiro atoms. The first kappa shape index (κ1) is 26.4. The number of anilines is 1. The molecule has 0 bridgehead atoms. The molecule has 3 aromatic carbocycles. The van der Waals surface area contributed by atoms with Crippen molar-refractivity contribution in [2.75, 3.05) is 5.32 Å². The average Bonchev–Trinajstić information content (AvgIpc) is 3.76. The second kappa shape index (κ2) is 10.2. The van der Waals surface area contributed by atoms with Crippen molar-refractivity contribution in [1.29, 1.82) is 0 Å². The number of ether oxygens (including phenoxy) is 1. The van der Waals surface area contributed by atoms with Crippen LogP contribution < -0.4 is 21.5 Å². The maximum Gasteiger partial charge on any atom is 0.321 e. The molecule has 1 amide bonds. The smallest absolute Gasteiger partial charge is 0.321 e. The Hall–Kier alpha value is -4.16. The van der Waals surface area contributed by atoms with E-state index in [-0.39, 0.29) is 5.69 Å². The summed E-state index contributed by atoms with van der Waals surface area (Å²) < 4.78 is 23.6. The highest BCUT2D eigenvalue weighted by Gasteiger charge is 2.65. The predicted molar refractivity (Wildman–Crippen MR) is 152 cm³/mol. The van der Waals surface area contributed by atoms with E-state index >= 15 is 0 Å². The zero-order valence-corrected chi connectivity index (χ0v) is 22.9. The summed E-state index contributed by atoms with van der Waals surface area (Å²) in [4.78, 5) is 39.9. The van der Waals surface area contributed by atoms with Crippen LogP contribution >= 0.6 is 7.14 Å². The topological polar surface area (TPSA) is 99.4 Å². The number of benzene rings is 3. The average molecular weight is 544 g/mol. The highest BCUT2D eigenvalue weighted by atomic mass is 31.2. The van der Waals surface area contributed by atoms with Gasteiger partial charge in [0.25, 0.3) is 11.5 Å². The van der Waals surface area contributed by atoms with Crippen molar-refractivity contribution in [3.63, 3.8) is 0 Å². The first-order valence-electron chi connectivity index (χ1n) is 12.8. The molecule has 1 fully saturated rings. The lowest BCUT2D eigenvalue weighted by molar-refractivity contribution is -0.153. The molecule has 200 valence electrons. The number of aromatic nitrogens is 2. The molecule has 1 unspecified atom stereocenters. The maximum atomic E-state index is 14.8. The normalized spacial score (nSPS) is 14.8. The molecule has 1 saturated carbocycles. The molecular formula is C30H30N3O5P. The third-order valence-electron chi connectivity index (χ3n) is 7.40. The van der Waals surface area contributed by atoms with Gasteiger partial charge in [-0.1, -0.05) is 78.9 Å². The van der Waals surface area contributed by atoms with Crippen LogP contribution in [0.15, 0.2) is 95.8 Å². The van der Waals surface area contributed by atoms with E-state index in [1.54, 1.807) is 79.3 Å². The van der Waals surface area contributed by atoms with Gasteiger partial charge >= 0.3 is 5.97 Å². The quantitative estimate of drug-likeness (QED) is 0.269. The van der Waals surface area contributed by atoms with Crippen LogP contribution in [-0.4, -0.2) is 32.5 Å². The van der Waals surface area contributed by atoms with Crippen molar-refractivity contribution in [1.82, 2.24) is 9.36 Å². The number of hydrogen-bond acceptors (Lipinski definition) is 5. The summed E-state index contributed by atoms with van der Waals surface area (Å²) in [5.74, 6) is -1.31. The fourth-order valence-corrected chi connectivity index (χ4v) is 8.47. The number of rotatable bonds is 8. The van der Waals surface area contributed by atoms with Crippen LogP contribution in [0, 0.1) is 6.92 Å². The standard InChI is InChI=1S/C30H30N3O5P/c1-21-26(28(35)33(32(21)3)23-13-7-4-8-14-23)31-27(34)22(2)38-29(36)30(19-20-30)39(37,24-15-9-5-10-16-24)25-17-11-6-12-18-25/h4-18,22H,19-20H2,1-3H3,(H,31,34). The minimum Gasteiger partial charge on any atom is -0.452 e. The fraction of sp³-hybridized carbons (Fsp3) is 0.233. The Morgan fingerprint density at radius 1 is 0.897 bits per heavy atom. The third-order valence-corrected chi connectivity index (χ3v) is 11.3. The number of para-hydroxylation sites is 1. The summed E-state index contributed by atoms with van der Waals surface area (Å²) in [5, 5.41) is 2.55. The van der Waals surface area contributed by atoms with E-state index in [0.29, 0.717) is 34.8 Å². The van der Waals surface area contributed by atoms with Crippen molar-refractivity contribution in [3.05, 3.63) is 107 Å². The van der Waals surface area contributed by atoms with Gasteiger partial charge in [0.05, 0.1) is 11.4 Å². The SMILES string of the molecule is Cc1c(NC(=O)C(C)OC(=O)C2(P(=O)(c3ccccc3)c3ccccc3)CC2)c(=O)n(-c2ccccc2)n1C. The van der Waals surface area contributed by atoms with E-state index in [2.05, 4.69) is 5.32 Å². The van der Waals surface area contributed by atoms with Crippen LogP contribution in [0.1, 0.15) is 25.5 Å². The van der Waals surface area contributed by atoms with Crippen molar-refractivity contribution in [3.8, 4) is 5.69 Å². The van der Waals surface area contributed by atoms with E-state index in [9.17, 15) is 18.9 Å². The monoisotopic (exact) mass is 543 g/mol. The Bertz CT molecular complexity index is 1580. The summed E-state index contributed by atoms with van der Waals surface area (Å²) in [6.45, 7) is 3.18. The van der Waals surface area contributed by atoms with E-state index in [1.807, 2.05) is 30.3 Å². The lowest BCUT2D eigenvalue weighted by atomic mass is 10.3. The van der Waals surface area contributed by atoms with Crippen LogP contribution in [0.4, 0.5) is 5.69 Å². The lowest BCUT2D eigenvalue weighted by Gasteiger charge is -2.28. The second-order valence-corrected chi connectivity index (χ2v) is 12.9. The molecule has 9 heteroatoms. The molecule has 4 aromatic rings. The number of hydrogen-bond donors (Lipinski definition) is 1. The van der Waals surface area contributed by atoms with Crippen LogP contribution in [0.2, 0.25) is 0 Å². The van der Waals surface area contributed by atoms with Gasteiger partial charge in [-0.2, -0.15) is 0 Å². The number of nitrogens with zero attached hydrogens (tertiary/aromatic N) is 2. The Morgan fingerprint density at radius 2 is 1.38 bits per heavy atom. The van der Waals surface area contributed by atoms with Gasteiger partial charge in [-0.15, -0.1) is 0 Å². The molecule has 1 heterocycles. The molecule has 39 heavy (non-hydrogen) atoms. The van der Waals surface area contributed by atoms with Crippen molar-refractivity contribution in [2.45, 2.75) is 37.9 Å². The first-order chi connectivity index (χ1) is 18.7. The summed E-state index contributed by atoms with van der Waals surface area (Å²) in [6, 6.07) is 27.0. The molecule has 1 aromatic heterocycles. The third kappa shape index (κ3) is 4.45. The molecule has 1 N–H and O–H groups in total. The summed E-state index contributed by atoms with van der Waals surface area (Å²) in [5.41, 5.74) is 0.910. The Kier molecular flexibility index (Phi) is 6.91. The maximum absolute atomic E-state index is 14.8. The Balaban J connectivity index is 1.40. The van der Waals surface area contributed by atoms with Gasteiger partial charge in [0.15, 0.2) is 13.2 Å². The predicted octanol–water partition coefficient (Wildman–Crippen LogP) is 3.90. The van der Waals surface area contributed by atoms with Crippen molar-refractivity contribution < 1.29 is 18.9 Å². The molecule has 1 atom stereocenters. The number of nitrogens with one attached hydrogen (secondary N) is 1. The zero-order valence-electron chi connectivity index (χ0n) is 22.0. The van der Waals surface area contributed by atoms with Gasteiger partial charge in [0, 0.05) is 17.7 Å². The van der Waals surface area contributed by atoms with Gasteiger partial charge in [-0.05, 0) is 38.8 Å². The Labute approximate surface area is 226 Å². The minimum absolute atomic E-state index is 0.106. The van der Waals surface area contributed by atoms with Gasteiger partial charge in [-0.3, -0.25) is 19.1 Å². The molecule has 1 aliphatic rings. The van der Waals surface area contributed by atoms with E-state index in [1.165, 1.54) is 11.6 Å². The molecule has 8 nitrogen and oxygen atoms in total. The number of esters is 1. The number of amides is 1. The minimum atomic E-state index is -3.44. The van der Waals surface area contributed by atoms with Crippen LogP contribution in [-0.2, 0) is 25.9 Å². The number of carbonyl (C=O) groups excluding carboxylic acids is 2. The fourth-order valence-electron chi connectivity index (χ4n) is 4.95. The molecule has 0 radical (unpaired) electrons. The second-order valence-electron chi connectivity index (χ2n) is 9.79. The van der Waals surface area contributed by atoms with Gasteiger partial charge in [0.1, 0.15) is 10.8 Å². The van der Waals surface area contributed by atoms with Gasteiger partial charge in [-0.25, -0.2) is 4.68 Å². The number of carbonyl (C=O) groups is 2. The van der Waals surface area contributed by atoms with Crippen LogP contribution in [0.25, 0.3) is 5.69 Å².